The third-order valence-corrected chi connectivity index (χ3v) is 3.40. The van der Waals surface area contributed by atoms with Crippen LogP contribution in [0.3, 0.4) is 0 Å². The van der Waals surface area contributed by atoms with E-state index in [0.717, 1.165) is 4.47 Å². The highest BCUT2D eigenvalue weighted by Gasteiger charge is 2.21. The van der Waals surface area contributed by atoms with Crippen molar-refractivity contribution in [1.82, 2.24) is 5.43 Å². The molecule has 0 aliphatic rings. The maximum absolute atomic E-state index is 12.0. The fraction of sp³-hybridized carbons (Fsp3) is 0.400. The third kappa shape index (κ3) is 5.30. The van der Waals surface area contributed by atoms with Crippen LogP contribution in [0.15, 0.2) is 33.8 Å². The summed E-state index contributed by atoms with van der Waals surface area (Å²) in [4.78, 5) is 23.7. The molecular formula is C15H19BrN2O3. The number of nitrogens with zero attached hydrogens (tertiary/aromatic N) is 1. The van der Waals surface area contributed by atoms with E-state index in [1.165, 1.54) is 0 Å². The Morgan fingerprint density at radius 2 is 2.10 bits per heavy atom. The van der Waals surface area contributed by atoms with Crippen LogP contribution in [0.2, 0.25) is 0 Å². The lowest BCUT2D eigenvalue weighted by atomic mass is 10.0. The summed E-state index contributed by atoms with van der Waals surface area (Å²) in [6, 6.07) is 6.98. The van der Waals surface area contributed by atoms with Gasteiger partial charge in [0.25, 0.3) is 5.91 Å². The van der Waals surface area contributed by atoms with E-state index in [4.69, 9.17) is 4.74 Å². The van der Waals surface area contributed by atoms with E-state index >= 15 is 0 Å². The van der Waals surface area contributed by atoms with Gasteiger partial charge in [-0.3, -0.25) is 9.59 Å². The number of esters is 1. The van der Waals surface area contributed by atoms with Crippen molar-refractivity contribution in [3.05, 3.63) is 34.3 Å². The Kier molecular flexibility index (Phi) is 7.08. The van der Waals surface area contributed by atoms with Crippen molar-refractivity contribution < 1.29 is 14.3 Å². The van der Waals surface area contributed by atoms with Crippen molar-refractivity contribution in [1.29, 1.82) is 0 Å². The molecule has 1 unspecified atom stereocenters. The number of amides is 1. The number of carbonyl (C=O) groups excluding carboxylic acids is 2. The van der Waals surface area contributed by atoms with Crippen molar-refractivity contribution in [3.63, 3.8) is 0 Å². The number of hydrazone groups is 1. The molecule has 6 heteroatoms. The molecule has 0 fully saturated rings. The Hall–Kier alpha value is -1.69. The van der Waals surface area contributed by atoms with Gasteiger partial charge in [-0.2, -0.15) is 5.10 Å². The fourth-order valence-corrected chi connectivity index (χ4v) is 2.19. The summed E-state index contributed by atoms with van der Waals surface area (Å²) in [6.07, 6.45) is 0.570. The van der Waals surface area contributed by atoms with Crippen LogP contribution in [0.5, 0.6) is 0 Å². The zero-order valence-electron chi connectivity index (χ0n) is 12.4. The van der Waals surface area contributed by atoms with Crippen LogP contribution in [0.25, 0.3) is 0 Å². The van der Waals surface area contributed by atoms with Crippen LogP contribution in [0.4, 0.5) is 0 Å². The fourth-order valence-electron chi connectivity index (χ4n) is 1.79. The Labute approximate surface area is 132 Å². The molecule has 1 rings (SSSR count). The van der Waals surface area contributed by atoms with E-state index in [1.807, 2.05) is 13.0 Å². The second-order valence-corrected chi connectivity index (χ2v) is 5.33. The molecule has 0 aromatic heterocycles. The Balaban J connectivity index is 2.74. The molecule has 114 valence electrons. The molecule has 1 aromatic rings. The van der Waals surface area contributed by atoms with Crippen LogP contribution in [0.1, 0.15) is 37.6 Å². The molecule has 0 heterocycles. The van der Waals surface area contributed by atoms with Crippen molar-refractivity contribution >= 4 is 33.5 Å². The maximum atomic E-state index is 12.0. The monoisotopic (exact) mass is 354 g/mol. The lowest BCUT2D eigenvalue weighted by molar-refractivity contribution is -0.145. The normalized spacial score (nSPS) is 12.7. The molecule has 0 saturated carbocycles. The SMILES string of the molecule is CCOC(=O)C(CC)/C(C)=N/NC(=O)c1cccc(Br)c1. The summed E-state index contributed by atoms with van der Waals surface area (Å²) in [5.41, 5.74) is 3.48. The standard InChI is InChI=1S/C15H19BrN2O3/c1-4-13(15(20)21-5-2)10(3)17-18-14(19)11-7-6-8-12(16)9-11/h6-9,13H,4-5H2,1-3H3,(H,18,19)/b17-10+. The molecule has 0 aliphatic heterocycles. The molecule has 1 aromatic carbocycles. The molecular weight excluding hydrogens is 336 g/mol. The van der Waals surface area contributed by atoms with Gasteiger partial charge in [0.05, 0.1) is 12.5 Å². The largest absolute Gasteiger partial charge is 0.465 e. The van der Waals surface area contributed by atoms with Gasteiger partial charge in [-0.05, 0) is 38.5 Å². The number of benzene rings is 1. The van der Waals surface area contributed by atoms with Crippen LogP contribution in [0, 0.1) is 5.92 Å². The summed E-state index contributed by atoms with van der Waals surface area (Å²) >= 11 is 3.30. The molecule has 1 amide bonds. The van der Waals surface area contributed by atoms with E-state index in [1.54, 1.807) is 32.0 Å². The van der Waals surface area contributed by atoms with Gasteiger partial charge < -0.3 is 4.74 Å². The van der Waals surface area contributed by atoms with Crippen molar-refractivity contribution in [2.75, 3.05) is 6.61 Å². The highest BCUT2D eigenvalue weighted by molar-refractivity contribution is 9.10. The highest BCUT2D eigenvalue weighted by Crippen LogP contribution is 2.12. The van der Waals surface area contributed by atoms with Gasteiger partial charge in [-0.1, -0.05) is 28.9 Å². The van der Waals surface area contributed by atoms with E-state index in [-0.39, 0.29) is 11.9 Å². The summed E-state index contributed by atoms with van der Waals surface area (Å²) in [7, 11) is 0. The van der Waals surface area contributed by atoms with Gasteiger partial charge in [0, 0.05) is 15.7 Å². The first-order valence-electron chi connectivity index (χ1n) is 6.76. The molecule has 0 bridgehead atoms. The molecule has 0 spiro atoms. The predicted molar refractivity (Wildman–Crippen MR) is 85.1 cm³/mol. The van der Waals surface area contributed by atoms with Gasteiger partial charge in [-0.25, -0.2) is 5.43 Å². The van der Waals surface area contributed by atoms with Crippen LogP contribution in [-0.2, 0) is 9.53 Å². The van der Waals surface area contributed by atoms with E-state index in [0.29, 0.717) is 24.3 Å². The first-order valence-corrected chi connectivity index (χ1v) is 7.55. The topological polar surface area (TPSA) is 67.8 Å². The second kappa shape index (κ2) is 8.56. The summed E-state index contributed by atoms with van der Waals surface area (Å²) in [5, 5.41) is 4.01. The predicted octanol–water partition coefficient (Wildman–Crippen LogP) is 3.14. The molecule has 21 heavy (non-hydrogen) atoms. The van der Waals surface area contributed by atoms with Gasteiger partial charge in [0.15, 0.2) is 0 Å². The number of nitrogens with one attached hydrogen (secondary N) is 1. The lowest BCUT2D eigenvalue weighted by Crippen LogP contribution is -2.27. The number of ether oxygens (including phenoxy) is 1. The van der Waals surface area contributed by atoms with Gasteiger partial charge in [0.1, 0.15) is 0 Å². The van der Waals surface area contributed by atoms with E-state index in [2.05, 4.69) is 26.5 Å². The van der Waals surface area contributed by atoms with Crippen molar-refractivity contribution in [3.8, 4) is 0 Å². The Morgan fingerprint density at radius 3 is 2.67 bits per heavy atom. The second-order valence-electron chi connectivity index (χ2n) is 4.42. The summed E-state index contributed by atoms with van der Waals surface area (Å²) in [5.74, 6) is -1.08. The molecule has 0 radical (unpaired) electrons. The minimum atomic E-state index is -0.437. The average molecular weight is 355 g/mol. The van der Waals surface area contributed by atoms with E-state index in [9.17, 15) is 9.59 Å². The zero-order chi connectivity index (χ0) is 15.8. The number of hydrogen-bond donors (Lipinski definition) is 1. The minimum Gasteiger partial charge on any atom is -0.465 e. The molecule has 1 N–H and O–H groups in total. The number of carbonyl (C=O) groups is 2. The van der Waals surface area contributed by atoms with Crippen LogP contribution >= 0.6 is 15.9 Å². The zero-order valence-corrected chi connectivity index (χ0v) is 13.9. The summed E-state index contributed by atoms with van der Waals surface area (Å²) in [6.45, 7) is 5.65. The van der Waals surface area contributed by atoms with Gasteiger partial charge in [0.2, 0.25) is 0 Å². The molecule has 1 atom stereocenters. The molecule has 0 aliphatic carbocycles. The Bertz CT molecular complexity index is 543. The molecule has 5 nitrogen and oxygen atoms in total. The maximum Gasteiger partial charge on any atom is 0.314 e. The van der Waals surface area contributed by atoms with Gasteiger partial charge in [-0.15, -0.1) is 0 Å². The van der Waals surface area contributed by atoms with Crippen LogP contribution < -0.4 is 5.43 Å². The lowest BCUT2D eigenvalue weighted by Gasteiger charge is -2.13. The quantitative estimate of drug-likeness (QED) is 0.484. The van der Waals surface area contributed by atoms with Crippen molar-refractivity contribution in [2.24, 2.45) is 11.0 Å². The number of hydrogen-bond acceptors (Lipinski definition) is 4. The van der Waals surface area contributed by atoms with Crippen LogP contribution in [-0.4, -0.2) is 24.2 Å². The van der Waals surface area contributed by atoms with Crippen molar-refractivity contribution in [2.45, 2.75) is 27.2 Å². The summed E-state index contributed by atoms with van der Waals surface area (Å²) < 4.78 is 5.80. The first-order chi connectivity index (χ1) is 9.99. The minimum absolute atomic E-state index is 0.321. The number of halogens is 1. The van der Waals surface area contributed by atoms with Gasteiger partial charge >= 0.3 is 5.97 Å². The highest BCUT2D eigenvalue weighted by atomic mass is 79.9. The third-order valence-electron chi connectivity index (χ3n) is 2.90. The smallest absolute Gasteiger partial charge is 0.314 e. The molecule has 0 saturated heterocycles. The Morgan fingerprint density at radius 1 is 1.38 bits per heavy atom. The van der Waals surface area contributed by atoms with E-state index < -0.39 is 5.92 Å². The average Bonchev–Trinajstić information content (AvgIpc) is 2.45. The first kappa shape index (κ1) is 17.4. The number of rotatable bonds is 6.